The van der Waals surface area contributed by atoms with Gasteiger partial charge in [-0.15, -0.1) is 0 Å². The maximum absolute atomic E-state index is 13.3. The normalized spacial score (nSPS) is 16.2. The van der Waals surface area contributed by atoms with Crippen LogP contribution in [0.25, 0.3) is 0 Å². The van der Waals surface area contributed by atoms with Crippen LogP contribution in [0, 0.1) is 5.82 Å². The van der Waals surface area contributed by atoms with Gasteiger partial charge < -0.3 is 10.6 Å². The summed E-state index contributed by atoms with van der Waals surface area (Å²) in [6.45, 7) is 1.07. The molecule has 3 nitrogen and oxygen atoms in total. The Kier molecular flexibility index (Phi) is 3.25. The van der Waals surface area contributed by atoms with Gasteiger partial charge in [0.15, 0.2) is 0 Å². The van der Waals surface area contributed by atoms with Crippen LogP contribution in [0.3, 0.4) is 0 Å². The number of amides is 1. The van der Waals surface area contributed by atoms with Crippen molar-refractivity contribution in [2.45, 2.75) is 12.2 Å². The van der Waals surface area contributed by atoms with Gasteiger partial charge >= 0.3 is 6.18 Å². The fraction of sp³-hybridized carbons (Fsp3) is 0.364. The Morgan fingerprint density at radius 1 is 1.33 bits per heavy atom. The summed E-state index contributed by atoms with van der Waals surface area (Å²) in [5.74, 6) is -1.79. The Labute approximate surface area is 100 Å². The van der Waals surface area contributed by atoms with Crippen LogP contribution < -0.4 is 10.6 Å². The van der Waals surface area contributed by atoms with Crippen LogP contribution in [0.1, 0.15) is 15.9 Å². The highest BCUT2D eigenvalue weighted by Gasteiger charge is 2.32. The first-order valence-electron chi connectivity index (χ1n) is 5.26. The molecule has 0 unspecified atom stereocenters. The molecule has 0 saturated carbocycles. The lowest BCUT2D eigenvalue weighted by Crippen LogP contribution is -2.57. The molecule has 0 radical (unpaired) electrons. The van der Waals surface area contributed by atoms with Gasteiger partial charge in [-0.1, -0.05) is 0 Å². The first kappa shape index (κ1) is 12.8. The molecule has 0 atom stereocenters. The number of nitrogens with one attached hydrogen (secondary N) is 2. The Balaban J connectivity index is 2.22. The predicted octanol–water partition coefficient (Wildman–Crippen LogP) is 1.55. The zero-order valence-electron chi connectivity index (χ0n) is 9.14. The molecule has 1 amide bonds. The maximum atomic E-state index is 13.3. The third kappa shape index (κ3) is 2.61. The van der Waals surface area contributed by atoms with E-state index in [0.29, 0.717) is 31.3 Å². The number of carbonyl (C=O) groups is 1. The molecule has 18 heavy (non-hydrogen) atoms. The van der Waals surface area contributed by atoms with Crippen molar-refractivity contribution in [1.82, 2.24) is 10.6 Å². The Morgan fingerprint density at radius 2 is 2.00 bits per heavy atom. The largest absolute Gasteiger partial charge is 0.416 e. The number of hydrogen-bond acceptors (Lipinski definition) is 2. The third-order valence-corrected chi connectivity index (χ3v) is 2.66. The van der Waals surface area contributed by atoms with E-state index < -0.39 is 29.0 Å². The summed E-state index contributed by atoms with van der Waals surface area (Å²) in [6.07, 6.45) is -4.60. The van der Waals surface area contributed by atoms with Crippen molar-refractivity contribution in [3.8, 4) is 0 Å². The van der Waals surface area contributed by atoms with Crippen LogP contribution in [-0.4, -0.2) is 25.0 Å². The second-order valence-corrected chi connectivity index (χ2v) is 4.02. The minimum atomic E-state index is -4.60. The molecule has 1 aliphatic heterocycles. The van der Waals surface area contributed by atoms with Crippen LogP contribution in [-0.2, 0) is 6.18 Å². The maximum Gasteiger partial charge on any atom is 0.416 e. The van der Waals surface area contributed by atoms with E-state index in [1.807, 2.05) is 0 Å². The van der Waals surface area contributed by atoms with E-state index in [2.05, 4.69) is 10.6 Å². The Morgan fingerprint density at radius 3 is 2.50 bits per heavy atom. The van der Waals surface area contributed by atoms with Gasteiger partial charge in [0.05, 0.1) is 17.2 Å². The molecule has 0 spiro atoms. The van der Waals surface area contributed by atoms with Gasteiger partial charge in [0.25, 0.3) is 5.91 Å². The van der Waals surface area contributed by atoms with Crippen molar-refractivity contribution < 1.29 is 22.4 Å². The summed E-state index contributed by atoms with van der Waals surface area (Å²) in [5, 5.41) is 5.32. The van der Waals surface area contributed by atoms with Crippen LogP contribution in [0.2, 0.25) is 0 Å². The SMILES string of the molecule is O=C(NC1CNC1)c1cc(C(F)(F)F)ccc1F. The molecule has 1 heterocycles. The van der Waals surface area contributed by atoms with Crippen molar-refractivity contribution in [2.24, 2.45) is 0 Å². The smallest absolute Gasteiger partial charge is 0.347 e. The van der Waals surface area contributed by atoms with E-state index in [-0.39, 0.29) is 6.04 Å². The van der Waals surface area contributed by atoms with Gasteiger partial charge in [0.2, 0.25) is 0 Å². The minimum Gasteiger partial charge on any atom is -0.347 e. The second kappa shape index (κ2) is 4.56. The second-order valence-electron chi connectivity index (χ2n) is 4.02. The average molecular weight is 262 g/mol. The number of benzene rings is 1. The topological polar surface area (TPSA) is 41.1 Å². The molecule has 1 saturated heterocycles. The number of carbonyl (C=O) groups excluding carboxylic acids is 1. The van der Waals surface area contributed by atoms with E-state index in [4.69, 9.17) is 0 Å². The van der Waals surface area contributed by atoms with Gasteiger partial charge in [-0.25, -0.2) is 4.39 Å². The fourth-order valence-electron chi connectivity index (χ4n) is 1.53. The highest BCUT2D eigenvalue weighted by Crippen LogP contribution is 2.30. The summed E-state index contributed by atoms with van der Waals surface area (Å²) >= 11 is 0. The number of rotatable bonds is 2. The molecule has 2 N–H and O–H groups in total. The van der Waals surface area contributed by atoms with E-state index in [0.717, 1.165) is 0 Å². The molecular formula is C11H10F4N2O. The standard InChI is InChI=1S/C11H10F4N2O/c12-9-2-1-6(11(13,14)15)3-8(9)10(18)17-7-4-16-5-7/h1-3,7,16H,4-5H2,(H,17,18). The van der Waals surface area contributed by atoms with Gasteiger partial charge in [0.1, 0.15) is 5.82 Å². The highest BCUT2D eigenvalue weighted by atomic mass is 19.4. The highest BCUT2D eigenvalue weighted by molar-refractivity contribution is 5.95. The minimum absolute atomic E-state index is 0.161. The first-order valence-corrected chi connectivity index (χ1v) is 5.26. The van der Waals surface area contributed by atoms with Crippen LogP contribution in [0.5, 0.6) is 0 Å². The predicted molar refractivity (Wildman–Crippen MR) is 55.5 cm³/mol. The summed E-state index contributed by atoms with van der Waals surface area (Å²) in [5.41, 5.74) is -1.63. The molecule has 1 aromatic rings. The van der Waals surface area contributed by atoms with Gasteiger partial charge in [-0.05, 0) is 18.2 Å². The molecule has 0 aliphatic carbocycles. The third-order valence-electron chi connectivity index (χ3n) is 2.66. The Bertz CT molecular complexity index is 469. The molecule has 98 valence electrons. The lowest BCUT2D eigenvalue weighted by Gasteiger charge is -2.28. The summed E-state index contributed by atoms with van der Waals surface area (Å²) < 4.78 is 50.7. The van der Waals surface area contributed by atoms with E-state index in [9.17, 15) is 22.4 Å². The van der Waals surface area contributed by atoms with Crippen molar-refractivity contribution >= 4 is 5.91 Å². The fourth-order valence-corrected chi connectivity index (χ4v) is 1.53. The van der Waals surface area contributed by atoms with Crippen LogP contribution in [0.15, 0.2) is 18.2 Å². The first-order chi connectivity index (χ1) is 8.38. The molecule has 2 rings (SSSR count). The van der Waals surface area contributed by atoms with Crippen molar-refractivity contribution in [2.75, 3.05) is 13.1 Å². The lowest BCUT2D eigenvalue weighted by atomic mass is 10.1. The molecule has 0 aromatic heterocycles. The lowest BCUT2D eigenvalue weighted by molar-refractivity contribution is -0.137. The number of alkyl halides is 3. The van der Waals surface area contributed by atoms with Crippen molar-refractivity contribution in [1.29, 1.82) is 0 Å². The van der Waals surface area contributed by atoms with E-state index in [1.165, 1.54) is 0 Å². The summed E-state index contributed by atoms with van der Waals surface area (Å²) in [4.78, 5) is 11.6. The van der Waals surface area contributed by atoms with E-state index >= 15 is 0 Å². The summed E-state index contributed by atoms with van der Waals surface area (Å²) in [7, 11) is 0. The molecule has 7 heteroatoms. The molecule has 0 bridgehead atoms. The van der Waals surface area contributed by atoms with Crippen LogP contribution >= 0.6 is 0 Å². The molecular weight excluding hydrogens is 252 g/mol. The van der Waals surface area contributed by atoms with Crippen molar-refractivity contribution in [3.63, 3.8) is 0 Å². The molecule has 1 fully saturated rings. The van der Waals surface area contributed by atoms with Gasteiger partial charge in [-0.2, -0.15) is 13.2 Å². The summed E-state index contributed by atoms with van der Waals surface area (Å²) in [6, 6.07) is 1.62. The van der Waals surface area contributed by atoms with Crippen molar-refractivity contribution in [3.05, 3.63) is 35.1 Å². The zero-order chi connectivity index (χ0) is 13.3. The quantitative estimate of drug-likeness (QED) is 0.794. The zero-order valence-corrected chi connectivity index (χ0v) is 9.14. The average Bonchev–Trinajstić information content (AvgIpc) is 2.22. The Hall–Kier alpha value is -1.63. The van der Waals surface area contributed by atoms with Gasteiger partial charge in [0, 0.05) is 13.1 Å². The number of hydrogen-bond donors (Lipinski definition) is 2. The number of halogens is 4. The molecule has 1 aromatic carbocycles. The monoisotopic (exact) mass is 262 g/mol. The van der Waals surface area contributed by atoms with Crippen LogP contribution in [0.4, 0.5) is 17.6 Å². The molecule has 1 aliphatic rings. The van der Waals surface area contributed by atoms with Gasteiger partial charge in [-0.3, -0.25) is 4.79 Å². The van der Waals surface area contributed by atoms with E-state index in [1.54, 1.807) is 0 Å².